The van der Waals surface area contributed by atoms with Gasteiger partial charge in [-0.1, -0.05) is 18.2 Å². The van der Waals surface area contributed by atoms with Crippen LogP contribution in [0.1, 0.15) is 44.3 Å². The average Bonchev–Trinajstić information content (AvgIpc) is 3.36. The Morgan fingerprint density at radius 3 is 1.98 bits per heavy atom. The molecule has 0 fully saturated rings. The second-order valence-corrected chi connectivity index (χ2v) is 8.88. The van der Waals surface area contributed by atoms with E-state index in [2.05, 4.69) is 10.6 Å². The van der Waals surface area contributed by atoms with Gasteiger partial charge in [-0.05, 0) is 61.4 Å². The number of phenolic OH excluding ortho intramolecular Hbond substituents is 1. The molecule has 3 aromatic rings. The maximum absolute atomic E-state index is 11.2. The SMILES string of the molecule is CC(=O)Cc1cc(O)c(CC(=O)O)cc1C.COc1ccc2c(c1)C(=O)C(=O)N2.O=C1Nc2ccccc2C1=O. The molecule has 0 aliphatic carbocycles. The molecule has 11 nitrogen and oxygen atoms in total. The molecule has 5 rings (SSSR count). The van der Waals surface area contributed by atoms with Crippen LogP contribution in [-0.2, 0) is 32.0 Å². The number of anilines is 2. The number of carbonyl (C=O) groups excluding carboxylic acids is 5. The van der Waals surface area contributed by atoms with Crippen LogP contribution in [0.15, 0.2) is 54.6 Å². The molecule has 40 heavy (non-hydrogen) atoms. The van der Waals surface area contributed by atoms with Crippen molar-refractivity contribution >= 4 is 46.5 Å². The van der Waals surface area contributed by atoms with Crippen molar-refractivity contribution < 1.29 is 43.7 Å². The second kappa shape index (κ2) is 12.5. The molecule has 0 spiro atoms. The quantitative estimate of drug-likeness (QED) is 0.350. The summed E-state index contributed by atoms with van der Waals surface area (Å²) in [5.41, 5.74) is 3.95. The minimum absolute atomic E-state index is 0.00786. The number of phenols is 1. The highest BCUT2D eigenvalue weighted by atomic mass is 16.5. The van der Waals surface area contributed by atoms with Crippen LogP contribution in [0.5, 0.6) is 11.5 Å². The fourth-order valence-corrected chi connectivity index (χ4v) is 3.90. The first-order valence-corrected chi connectivity index (χ1v) is 11.9. The third-order valence-corrected chi connectivity index (χ3v) is 5.87. The molecule has 3 aromatic carbocycles. The molecular formula is C29H26N2O9. The van der Waals surface area contributed by atoms with Gasteiger partial charge in [0.25, 0.3) is 23.4 Å². The molecule has 0 saturated carbocycles. The lowest BCUT2D eigenvalue weighted by atomic mass is 9.99. The monoisotopic (exact) mass is 546 g/mol. The van der Waals surface area contributed by atoms with Gasteiger partial charge in [-0.3, -0.25) is 28.8 Å². The van der Waals surface area contributed by atoms with E-state index in [0.29, 0.717) is 33.8 Å². The highest BCUT2D eigenvalue weighted by Gasteiger charge is 2.28. The molecule has 0 saturated heterocycles. The molecule has 2 aliphatic rings. The molecule has 0 unspecified atom stereocenters. The number of carboxylic acids is 1. The number of aryl methyl sites for hydroxylation is 1. The molecular weight excluding hydrogens is 520 g/mol. The van der Waals surface area contributed by atoms with Crippen molar-refractivity contribution in [3.8, 4) is 11.5 Å². The smallest absolute Gasteiger partial charge is 0.307 e. The standard InChI is InChI=1S/C12H14O4.C9H7NO3.C8H5NO2/c1-7-3-10(6-12(15)16)11(14)5-9(7)4-8(2)13;1-13-5-2-3-7-6(4-5)8(11)9(12)10-7;10-7-5-3-1-2-4-6(5)9-8(7)11/h3,5,14H,4,6H2,1-2H3,(H,15,16);2-4H,1H3,(H,10,11,12);1-4H,(H,9,10,11). The Kier molecular flexibility index (Phi) is 9.12. The molecule has 206 valence electrons. The molecule has 0 atom stereocenters. The third-order valence-electron chi connectivity index (χ3n) is 5.87. The highest BCUT2D eigenvalue weighted by Crippen LogP contribution is 2.27. The van der Waals surface area contributed by atoms with Gasteiger partial charge < -0.3 is 25.6 Å². The maximum atomic E-state index is 11.2. The third kappa shape index (κ3) is 6.95. The van der Waals surface area contributed by atoms with E-state index in [-0.39, 0.29) is 24.4 Å². The number of amides is 2. The van der Waals surface area contributed by atoms with Gasteiger partial charge in [0.1, 0.15) is 17.3 Å². The summed E-state index contributed by atoms with van der Waals surface area (Å²) in [5, 5.41) is 23.1. The van der Waals surface area contributed by atoms with Gasteiger partial charge >= 0.3 is 5.97 Å². The number of aliphatic carboxylic acids is 1. The van der Waals surface area contributed by atoms with E-state index in [4.69, 9.17) is 9.84 Å². The molecule has 2 aliphatic heterocycles. The Bertz CT molecular complexity index is 1500. The number of rotatable bonds is 5. The van der Waals surface area contributed by atoms with Crippen molar-refractivity contribution in [3.63, 3.8) is 0 Å². The minimum atomic E-state index is -0.992. The summed E-state index contributed by atoms with van der Waals surface area (Å²) >= 11 is 0. The zero-order chi connectivity index (χ0) is 29.6. The van der Waals surface area contributed by atoms with E-state index < -0.39 is 29.4 Å². The number of carbonyl (C=O) groups is 6. The summed E-state index contributed by atoms with van der Waals surface area (Å²) in [5.74, 6) is -2.54. The van der Waals surface area contributed by atoms with Crippen LogP contribution >= 0.6 is 0 Å². The van der Waals surface area contributed by atoms with Crippen molar-refractivity contribution in [2.75, 3.05) is 17.7 Å². The lowest BCUT2D eigenvalue weighted by Crippen LogP contribution is -2.12. The first kappa shape index (κ1) is 29.2. The number of hydrogen-bond donors (Lipinski definition) is 4. The number of fused-ring (bicyclic) bond motifs is 2. The predicted molar refractivity (Wildman–Crippen MR) is 144 cm³/mol. The average molecular weight is 547 g/mol. The Hall–Kier alpha value is -5.32. The highest BCUT2D eigenvalue weighted by molar-refractivity contribution is 6.52. The number of hydrogen-bond acceptors (Lipinski definition) is 8. The summed E-state index contributed by atoms with van der Waals surface area (Å²) in [6, 6.07) is 14.8. The van der Waals surface area contributed by atoms with Crippen LogP contribution < -0.4 is 15.4 Å². The fourth-order valence-electron chi connectivity index (χ4n) is 3.90. The largest absolute Gasteiger partial charge is 0.508 e. The maximum Gasteiger partial charge on any atom is 0.307 e. The van der Waals surface area contributed by atoms with Gasteiger partial charge in [-0.2, -0.15) is 0 Å². The number of nitrogens with one attached hydrogen (secondary N) is 2. The summed E-state index contributed by atoms with van der Waals surface area (Å²) < 4.78 is 4.93. The number of carboxylic acid groups (broad SMARTS) is 1. The van der Waals surface area contributed by atoms with E-state index in [1.165, 1.54) is 20.1 Å². The van der Waals surface area contributed by atoms with Crippen LogP contribution in [0, 0.1) is 6.92 Å². The number of para-hydroxylation sites is 1. The van der Waals surface area contributed by atoms with Gasteiger partial charge in [0.2, 0.25) is 0 Å². The molecule has 0 radical (unpaired) electrons. The van der Waals surface area contributed by atoms with Gasteiger partial charge in [-0.25, -0.2) is 0 Å². The Balaban J connectivity index is 0.000000168. The summed E-state index contributed by atoms with van der Waals surface area (Å²) in [4.78, 5) is 65.4. The summed E-state index contributed by atoms with van der Waals surface area (Å²) in [7, 11) is 1.51. The van der Waals surface area contributed by atoms with Crippen molar-refractivity contribution in [1.82, 2.24) is 0 Å². The Morgan fingerprint density at radius 1 is 0.800 bits per heavy atom. The zero-order valence-corrected chi connectivity index (χ0v) is 21.9. The summed E-state index contributed by atoms with van der Waals surface area (Å²) in [6.07, 6.45) is 0.0414. The van der Waals surface area contributed by atoms with Crippen LogP contribution in [0.25, 0.3) is 0 Å². The van der Waals surface area contributed by atoms with E-state index in [9.17, 15) is 33.9 Å². The van der Waals surface area contributed by atoms with Crippen LogP contribution in [0.2, 0.25) is 0 Å². The topological polar surface area (TPSA) is 176 Å². The van der Waals surface area contributed by atoms with Crippen LogP contribution in [0.4, 0.5) is 11.4 Å². The number of ketones is 3. The van der Waals surface area contributed by atoms with Crippen LogP contribution in [-0.4, -0.2) is 52.5 Å². The Morgan fingerprint density at radius 2 is 1.40 bits per heavy atom. The number of methoxy groups -OCH3 is 1. The van der Waals surface area contributed by atoms with Crippen molar-refractivity contribution in [2.45, 2.75) is 26.7 Å². The van der Waals surface area contributed by atoms with Gasteiger partial charge in [0.15, 0.2) is 0 Å². The second-order valence-electron chi connectivity index (χ2n) is 8.88. The van der Waals surface area contributed by atoms with E-state index in [0.717, 1.165) is 11.1 Å². The number of aromatic hydroxyl groups is 1. The minimum Gasteiger partial charge on any atom is -0.508 e. The molecule has 0 bridgehead atoms. The molecule has 2 heterocycles. The van der Waals surface area contributed by atoms with Gasteiger partial charge in [0, 0.05) is 12.0 Å². The van der Waals surface area contributed by atoms with Gasteiger partial charge in [0.05, 0.1) is 36.0 Å². The molecule has 2 amide bonds. The lowest BCUT2D eigenvalue weighted by Gasteiger charge is -2.08. The van der Waals surface area contributed by atoms with Gasteiger partial charge in [-0.15, -0.1) is 0 Å². The Labute approximate surface area is 228 Å². The molecule has 11 heteroatoms. The number of benzene rings is 3. The normalized spacial score (nSPS) is 12.6. The van der Waals surface area contributed by atoms with E-state index in [1.807, 2.05) is 0 Å². The fraction of sp³-hybridized carbons (Fsp3) is 0.172. The lowest BCUT2D eigenvalue weighted by molar-refractivity contribution is -0.136. The van der Waals surface area contributed by atoms with E-state index >= 15 is 0 Å². The first-order valence-electron chi connectivity index (χ1n) is 11.9. The zero-order valence-electron chi connectivity index (χ0n) is 21.9. The molecule has 0 aromatic heterocycles. The van der Waals surface area contributed by atoms with Crippen molar-refractivity contribution in [1.29, 1.82) is 0 Å². The van der Waals surface area contributed by atoms with Crippen molar-refractivity contribution in [2.24, 2.45) is 0 Å². The predicted octanol–water partition coefficient (Wildman–Crippen LogP) is 3.11. The molecule has 4 N–H and O–H groups in total. The van der Waals surface area contributed by atoms with Crippen LogP contribution in [0.3, 0.4) is 0 Å². The summed E-state index contributed by atoms with van der Waals surface area (Å²) in [6.45, 7) is 3.27. The van der Waals surface area contributed by atoms with E-state index in [1.54, 1.807) is 55.5 Å². The number of Topliss-reactive ketones (excluding diaryl/α,β-unsaturated/α-hetero) is 3. The van der Waals surface area contributed by atoms with Crippen molar-refractivity contribution in [3.05, 3.63) is 82.4 Å². The first-order chi connectivity index (χ1) is 18.9. The number of ether oxygens (including phenoxy) is 1.